The number of allylic oxidation sites excluding steroid dienone is 2. The van der Waals surface area contributed by atoms with Crippen molar-refractivity contribution in [2.75, 3.05) is 0 Å². The van der Waals surface area contributed by atoms with Gasteiger partial charge in [0.15, 0.2) is 5.70 Å². The first-order valence-corrected chi connectivity index (χ1v) is 2.87. The van der Waals surface area contributed by atoms with Crippen LogP contribution in [-0.2, 0) is 4.79 Å². The molecule has 0 fully saturated rings. The Morgan fingerprint density at radius 1 is 1.70 bits per heavy atom. The molecule has 0 atom stereocenters. The quantitative estimate of drug-likeness (QED) is 0.504. The van der Waals surface area contributed by atoms with Crippen molar-refractivity contribution in [3.63, 3.8) is 0 Å². The summed E-state index contributed by atoms with van der Waals surface area (Å²) in [7, 11) is 0. The Morgan fingerprint density at radius 3 is 2.80 bits per heavy atom. The van der Waals surface area contributed by atoms with Crippen molar-refractivity contribution in [1.82, 2.24) is 0 Å². The number of azo groups is 1. The van der Waals surface area contributed by atoms with E-state index in [1.54, 1.807) is 12.5 Å². The maximum Gasteiger partial charge on any atom is 0.234 e. The summed E-state index contributed by atoms with van der Waals surface area (Å²) >= 11 is 0. The van der Waals surface area contributed by atoms with Gasteiger partial charge in [0.25, 0.3) is 0 Å². The molecule has 1 rings (SSSR count). The summed E-state index contributed by atoms with van der Waals surface area (Å²) in [6, 6.07) is 0. The second kappa shape index (κ2) is 2.47. The van der Waals surface area contributed by atoms with Gasteiger partial charge in [0.05, 0.1) is 12.5 Å². The van der Waals surface area contributed by atoms with Crippen LogP contribution >= 0.6 is 0 Å². The SMILES string of the molecule is C=C1[CH+]C=C(C(C)=O)N=N1. The fraction of sp³-hybridized carbons (Fsp3) is 0.143. The third-order valence-corrected chi connectivity index (χ3v) is 1.08. The van der Waals surface area contributed by atoms with Crippen molar-refractivity contribution >= 4 is 5.78 Å². The molecule has 0 unspecified atom stereocenters. The molecule has 0 N–H and O–H groups in total. The molecule has 0 bridgehead atoms. The number of carbonyl (C=O) groups is 1. The van der Waals surface area contributed by atoms with Crippen molar-refractivity contribution < 1.29 is 4.79 Å². The Kier molecular flexibility index (Phi) is 1.67. The average molecular weight is 135 g/mol. The normalized spacial score (nSPS) is 16.1. The molecule has 3 nitrogen and oxygen atoms in total. The van der Waals surface area contributed by atoms with Gasteiger partial charge in [-0.15, -0.1) is 5.11 Å². The van der Waals surface area contributed by atoms with Gasteiger partial charge in [-0.05, 0) is 0 Å². The van der Waals surface area contributed by atoms with Gasteiger partial charge >= 0.3 is 0 Å². The third kappa shape index (κ3) is 1.31. The van der Waals surface area contributed by atoms with Crippen LogP contribution in [0.3, 0.4) is 0 Å². The Balaban J connectivity index is 2.77. The highest BCUT2D eigenvalue weighted by Crippen LogP contribution is 2.13. The van der Waals surface area contributed by atoms with E-state index >= 15 is 0 Å². The molecule has 0 amide bonds. The van der Waals surface area contributed by atoms with Gasteiger partial charge in [0.2, 0.25) is 11.5 Å². The Hall–Kier alpha value is -1.38. The smallest absolute Gasteiger partial charge is 0.234 e. The van der Waals surface area contributed by atoms with Crippen LogP contribution in [0.5, 0.6) is 0 Å². The van der Waals surface area contributed by atoms with Gasteiger partial charge in [0.1, 0.15) is 0 Å². The average Bonchev–Trinajstić information content (AvgIpc) is 1.88. The molecule has 0 radical (unpaired) electrons. The van der Waals surface area contributed by atoms with Gasteiger partial charge in [-0.1, -0.05) is 5.11 Å². The molecule has 0 aromatic rings. The molecule has 1 aliphatic heterocycles. The highest BCUT2D eigenvalue weighted by molar-refractivity contribution is 5.93. The topological polar surface area (TPSA) is 41.8 Å². The largest absolute Gasteiger partial charge is 0.277 e. The van der Waals surface area contributed by atoms with E-state index in [0.717, 1.165) is 0 Å². The fourth-order valence-electron chi connectivity index (χ4n) is 0.548. The minimum absolute atomic E-state index is 0.0764. The van der Waals surface area contributed by atoms with E-state index in [4.69, 9.17) is 0 Å². The van der Waals surface area contributed by atoms with Gasteiger partial charge in [0, 0.05) is 13.5 Å². The van der Waals surface area contributed by atoms with E-state index in [9.17, 15) is 4.79 Å². The predicted octanol–water partition coefficient (Wildman–Crippen LogP) is 1.64. The Morgan fingerprint density at radius 2 is 2.40 bits per heavy atom. The van der Waals surface area contributed by atoms with Crippen LogP contribution in [0.1, 0.15) is 6.92 Å². The summed E-state index contributed by atoms with van der Waals surface area (Å²) in [5.74, 6) is -0.0764. The summed E-state index contributed by atoms with van der Waals surface area (Å²) in [5.41, 5.74) is 0.956. The summed E-state index contributed by atoms with van der Waals surface area (Å²) in [6.45, 7) is 4.99. The van der Waals surface area contributed by atoms with Gasteiger partial charge in [-0.25, -0.2) is 0 Å². The minimum atomic E-state index is -0.0764. The number of carbonyl (C=O) groups excluding carboxylic acids is 1. The lowest BCUT2D eigenvalue weighted by Gasteiger charge is -1.92. The fourth-order valence-corrected chi connectivity index (χ4v) is 0.548. The predicted molar refractivity (Wildman–Crippen MR) is 37.1 cm³/mol. The number of Topliss-reactive ketones (excluding diaryl/α,β-unsaturated/α-hetero) is 1. The zero-order chi connectivity index (χ0) is 7.56. The monoisotopic (exact) mass is 135 g/mol. The second-order valence-corrected chi connectivity index (χ2v) is 1.97. The van der Waals surface area contributed by atoms with Crippen molar-refractivity contribution in [3.8, 4) is 0 Å². The van der Waals surface area contributed by atoms with Gasteiger partial charge in [-0.3, -0.25) is 4.79 Å². The molecule has 50 valence electrons. The molecule has 0 aliphatic carbocycles. The number of rotatable bonds is 1. The van der Waals surface area contributed by atoms with E-state index in [1.165, 1.54) is 6.92 Å². The molecule has 0 saturated heterocycles. The molecule has 10 heavy (non-hydrogen) atoms. The maximum absolute atomic E-state index is 10.6. The van der Waals surface area contributed by atoms with Crippen LogP contribution < -0.4 is 0 Å². The van der Waals surface area contributed by atoms with E-state index in [2.05, 4.69) is 16.8 Å². The molecule has 0 saturated carbocycles. The van der Waals surface area contributed by atoms with Crippen molar-refractivity contribution in [1.29, 1.82) is 0 Å². The number of hydrogen-bond acceptors (Lipinski definition) is 3. The van der Waals surface area contributed by atoms with Gasteiger partial charge < -0.3 is 0 Å². The summed E-state index contributed by atoms with van der Waals surface area (Å²) in [5, 5.41) is 7.23. The van der Waals surface area contributed by atoms with Crippen LogP contribution in [0.2, 0.25) is 0 Å². The second-order valence-electron chi connectivity index (χ2n) is 1.97. The van der Waals surface area contributed by atoms with E-state index in [-0.39, 0.29) is 5.78 Å². The van der Waals surface area contributed by atoms with Crippen LogP contribution in [-0.4, -0.2) is 5.78 Å². The van der Waals surface area contributed by atoms with Crippen LogP contribution in [0.4, 0.5) is 0 Å². The Bertz CT molecular complexity index is 238. The molecule has 0 spiro atoms. The highest BCUT2D eigenvalue weighted by atomic mass is 16.1. The number of ketones is 1. The lowest BCUT2D eigenvalue weighted by atomic mass is 10.2. The van der Waals surface area contributed by atoms with E-state index in [1.807, 2.05) is 0 Å². The molecule has 1 heterocycles. The molecular formula is C7H7N2O+. The minimum Gasteiger partial charge on any atom is -0.277 e. The first-order chi connectivity index (χ1) is 4.70. The highest BCUT2D eigenvalue weighted by Gasteiger charge is 2.13. The van der Waals surface area contributed by atoms with E-state index < -0.39 is 0 Å². The zero-order valence-electron chi connectivity index (χ0n) is 5.66. The molecule has 0 aromatic heterocycles. The van der Waals surface area contributed by atoms with Crippen LogP contribution in [0.15, 0.2) is 34.3 Å². The first kappa shape index (κ1) is 6.74. The van der Waals surface area contributed by atoms with Crippen molar-refractivity contribution in [2.24, 2.45) is 10.2 Å². The molecule has 1 aliphatic rings. The molecule has 0 aromatic carbocycles. The summed E-state index contributed by atoms with van der Waals surface area (Å²) in [6.07, 6.45) is 3.27. The number of nitrogens with zero attached hydrogens (tertiary/aromatic N) is 2. The van der Waals surface area contributed by atoms with Gasteiger partial charge in [-0.2, -0.15) is 0 Å². The lowest BCUT2D eigenvalue weighted by molar-refractivity contribution is -0.113. The number of hydrogen-bond donors (Lipinski definition) is 0. The maximum atomic E-state index is 10.6. The van der Waals surface area contributed by atoms with Crippen LogP contribution in [0, 0.1) is 6.42 Å². The van der Waals surface area contributed by atoms with E-state index in [0.29, 0.717) is 11.4 Å². The molecule has 3 heteroatoms. The molecular weight excluding hydrogens is 128 g/mol. The van der Waals surface area contributed by atoms with Crippen LogP contribution in [0.25, 0.3) is 0 Å². The standard InChI is InChI=1S/C7H7N2O/c1-5-3-4-7(6(2)10)9-8-5/h3-4H,1H2,2H3/q+1. The zero-order valence-corrected chi connectivity index (χ0v) is 5.66. The van der Waals surface area contributed by atoms with Crippen molar-refractivity contribution in [3.05, 3.63) is 30.5 Å². The third-order valence-electron chi connectivity index (χ3n) is 1.08. The Labute approximate surface area is 59.2 Å². The first-order valence-electron chi connectivity index (χ1n) is 2.87. The summed E-state index contributed by atoms with van der Waals surface area (Å²) < 4.78 is 0. The van der Waals surface area contributed by atoms with Crippen molar-refractivity contribution in [2.45, 2.75) is 6.92 Å². The summed E-state index contributed by atoms with van der Waals surface area (Å²) in [4.78, 5) is 10.6. The lowest BCUT2D eigenvalue weighted by Crippen LogP contribution is -1.96.